The Labute approximate surface area is 116 Å². The molecule has 0 saturated heterocycles. The molecule has 2 heterocycles. The second-order valence-corrected chi connectivity index (χ2v) is 5.12. The Morgan fingerprint density at radius 2 is 2.11 bits per heavy atom. The van der Waals surface area contributed by atoms with Crippen molar-refractivity contribution in [1.29, 1.82) is 0 Å². The second kappa shape index (κ2) is 4.93. The molecule has 0 fully saturated rings. The molecule has 1 atom stereocenters. The first-order valence-electron chi connectivity index (χ1n) is 6.05. The summed E-state index contributed by atoms with van der Waals surface area (Å²) < 4.78 is 5.18. The van der Waals surface area contributed by atoms with Crippen LogP contribution in [0.15, 0.2) is 46.1 Å². The van der Waals surface area contributed by atoms with Crippen LogP contribution in [0.3, 0.4) is 0 Å². The highest BCUT2D eigenvalue weighted by molar-refractivity contribution is 7.08. The third-order valence-corrected chi connectivity index (χ3v) is 3.96. The van der Waals surface area contributed by atoms with Crippen LogP contribution in [-0.4, -0.2) is 19.6 Å². The molecule has 0 saturated carbocycles. The predicted octanol–water partition coefficient (Wildman–Crippen LogP) is 2.63. The van der Waals surface area contributed by atoms with Crippen molar-refractivity contribution >= 4 is 23.0 Å². The van der Waals surface area contributed by atoms with Crippen LogP contribution in [0.25, 0.3) is 0 Å². The van der Waals surface area contributed by atoms with Gasteiger partial charge in [0.05, 0.1) is 19.7 Å². The summed E-state index contributed by atoms with van der Waals surface area (Å²) in [6, 6.07) is 10.2. The van der Waals surface area contributed by atoms with E-state index in [-0.39, 0.29) is 6.04 Å². The molecule has 19 heavy (non-hydrogen) atoms. The van der Waals surface area contributed by atoms with Gasteiger partial charge in [0, 0.05) is 5.69 Å². The summed E-state index contributed by atoms with van der Waals surface area (Å²) in [5, 5.41) is 4.23. The van der Waals surface area contributed by atoms with Crippen molar-refractivity contribution in [2.75, 3.05) is 18.6 Å². The van der Waals surface area contributed by atoms with Gasteiger partial charge in [-0.25, -0.2) is 0 Å². The van der Waals surface area contributed by atoms with Gasteiger partial charge in [-0.1, -0.05) is 0 Å². The van der Waals surface area contributed by atoms with Crippen LogP contribution < -0.4 is 15.4 Å². The maximum Gasteiger partial charge on any atom is 0.196 e. The van der Waals surface area contributed by atoms with Crippen molar-refractivity contribution in [2.24, 2.45) is 10.7 Å². The summed E-state index contributed by atoms with van der Waals surface area (Å²) in [6.45, 7) is 0.703. The summed E-state index contributed by atoms with van der Waals surface area (Å²) in [5.41, 5.74) is 8.32. The van der Waals surface area contributed by atoms with E-state index in [4.69, 9.17) is 10.5 Å². The molecule has 2 aromatic rings. The smallest absolute Gasteiger partial charge is 0.196 e. The molecule has 0 radical (unpaired) electrons. The zero-order valence-corrected chi connectivity index (χ0v) is 11.4. The molecule has 98 valence electrons. The van der Waals surface area contributed by atoms with E-state index in [2.05, 4.69) is 26.7 Å². The number of nitrogens with two attached hydrogens (primary N) is 1. The fourth-order valence-electron chi connectivity index (χ4n) is 2.27. The van der Waals surface area contributed by atoms with E-state index in [0.717, 1.165) is 11.4 Å². The van der Waals surface area contributed by atoms with Gasteiger partial charge in [-0.2, -0.15) is 11.3 Å². The molecule has 4 nitrogen and oxygen atoms in total. The van der Waals surface area contributed by atoms with Crippen LogP contribution in [-0.2, 0) is 0 Å². The lowest BCUT2D eigenvalue weighted by molar-refractivity contribution is 0.415. The molecular weight excluding hydrogens is 258 g/mol. The lowest BCUT2D eigenvalue weighted by atomic mass is 10.1. The van der Waals surface area contributed by atoms with Crippen molar-refractivity contribution < 1.29 is 4.74 Å². The zero-order valence-electron chi connectivity index (χ0n) is 10.6. The minimum Gasteiger partial charge on any atom is -0.497 e. The van der Waals surface area contributed by atoms with Crippen LogP contribution in [0.2, 0.25) is 0 Å². The molecule has 1 aliphatic rings. The van der Waals surface area contributed by atoms with E-state index in [0.29, 0.717) is 12.5 Å². The highest BCUT2D eigenvalue weighted by atomic mass is 32.1. The molecule has 0 bridgehead atoms. The van der Waals surface area contributed by atoms with E-state index in [9.17, 15) is 0 Å². The quantitative estimate of drug-likeness (QED) is 0.935. The van der Waals surface area contributed by atoms with Crippen molar-refractivity contribution in [3.8, 4) is 5.75 Å². The first-order chi connectivity index (χ1) is 9.29. The van der Waals surface area contributed by atoms with Gasteiger partial charge in [0.1, 0.15) is 5.75 Å². The molecule has 0 spiro atoms. The maximum atomic E-state index is 6.03. The number of ether oxygens (including phenoxy) is 1. The van der Waals surface area contributed by atoms with E-state index < -0.39 is 0 Å². The molecule has 1 aromatic carbocycles. The summed E-state index contributed by atoms with van der Waals surface area (Å²) in [6.07, 6.45) is 0. The number of benzene rings is 1. The Morgan fingerprint density at radius 1 is 1.32 bits per heavy atom. The lowest BCUT2D eigenvalue weighted by Gasteiger charge is -2.26. The van der Waals surface area contributed by atoms with Crippen molar-refractivity contribution in [1.82, 2.24) is 0 Å². The molecule has 1 aromatic heterocycles. The summed E-state index contributed by atoms with van der Waals surface area (Å²) >= 11 is 1.69. The predicted molar refractivity (Wildman–Crippen MR) is 79.0 cm³/mol. The van der Waals surface area contributed by atoms with Gasteiger partial charge in [-0.15, -0.1) is 0 Å². The van der Waals surface area contributed by atoms with E-state index in [1.54, 1.807) is 18.4 Å². The third kappa shape index (κ3) is 2.17. The lowest BCUT2D eigenvalue weighted by Crippen LogP contribution is -2.35. The molecule has 3 rings (SSSR count). The van der Waals surface area contributed by atoms with Crippen molar-refractivity contribution in [3.05, 3.63) is 46.7 Å². The normalized spacial score (nSPS) is 18.5. The average molecular weight is 273 g/mol. The van der Waals surface area contributed by atoms with Crippen LogP contribution in [0, 0.1) is 0 Å². The largest absolute Gasteiger partial charge is 0.497 e. The van der Waals surface area contributed by atoms with Gasteiger partial charge in [0.25, 0.3) is 0 Å². The molecular formula is C14H15N3OS. The molecule has 0 amide bonds. The number of thiophene rings is 1. The summed E-state index contributed by atoms with van der Waals surface area (Å²) in [5.74, 6) is 1.41. The number of hydrogen-bond donors (Lipinski definition) is 1. The highest BCUT2D eigenvalue weighted by Crippen LogP contribution is 2.32. The average Bonchev–Trinajstić information content (AvgIpc) is 3.08. The third-order valence-electron chi connectivity index (χ3n) is 3.26. The van der Waals surface area contributed by atoms with Crippen molar-refractivity contribution in [2.45, 2.75) is 6.04 Å². The number of aliphatic imine (C=N–C) groups is 1. The summed E-state index contributed by atoms with van der Waals surface area (Å²) in [4.78, 5) is 6.44. The van der Waals surface area contributed by atoms with Gasteiger partial charge in [-0.3, -0.25) is 4.99 Å². The molecule has 1 unspecified atom stereocenters. The molecule has 0 aliphatic carbocycles. The minimum absolute atomic E-state index is 0.194. The Morgan fingerprint density at radius 3 is 2.74 bits per heavy atom. The minimum atomic E-state index is 0.194. The summed E-state index contributed by atoms with van der Waals surface area (Å²) in [7, 11) is 1.66. The first-order valence-corrected chi connectivity index (χ1v) is 6.99. The van der Waals surface area contributed by atoms with Gasteiger partial charge in [-0.05, 0) is 46.7 Å². The Bertz CT molecular complexity index is 577. The van der Waals surface area contributed by atoms with Gasteiger partial charge < -0.3 is 15.4 Å². The van der Waals surface area contributed by atoms with Crippen LogP contribution in [0.5, 0.6) is 5.75 Å². The Kier molecular flexibility index (Phi) is 3.13. The molecule has 1 aliphatic heterocycles. The first kappa shape index (κ1) is 12.0. The zero-order chi connectivity index (χ0) is 13.2. The number of nitrogens with zero attached hydrogens (tertiary/aromatic N) is 2. The maximum absolute atomic E-state index is 6.03. The number of rotatable bonds is 3. The topological polar surface area (TPSA) is 50.9 Å². The SMILES string of the molecule is COc1ccc(N2C(N)=NCC2c2ccsc2)cc1. The monoisotopic (exact) mass is 273 g/mol. The van der Waals surface area contributed by atoms with Crippen molar-refractivity contribution in [3.63, 3.8) is 0 Å². The fourth-order valence-corrected chi connectivity index (χ4v) is 2.98. The Hall–Kier alpha value is -2.01. The van der Waals surface area contributed by atoms with Crippen LogP contribution in [0.1, 0.15) is 11.6 Å². The Balaban J connectivity index is 1.93. The van der Waals surface area contributed by atoms with Crippen LogP contribution >= 0.6 is 11.3 Å². The fraction of sp³-hybridized carbons (Fsp3) is 0.214. The van der Waals surface area contributed by atoms with Crippen LogP contribution in [0.4, 0.5) is 5.69 Å². The van der Waals surface area contributed by atoms with E-state index in [1.165, 1.54) is 5.56 Å². The molecule has 5 heteroatoms. The van der Waals surface area contributed by atoms with Gasteiger partial charge in [0.15, 0.2) is 5.96 Å². The highest BCUT2D eigenvalue weighted by Gasteiger charge is 2.28. The molecule has 2 N–H and O–H groups in total. The number of methoxy groups -OCH3 is 1. The van der Waals surface area contributed by atoms with E-state index >= 15 is 0 Å². The number of guanidine groups is 1. The van der Waals surface area contributed by atoms with Gasteiger partial charge in [0.2, 0.25) is 0 Å². The second-order valence-electron chi connectivity index (χ2n) is 4.34. The standard InChI is InChI=1S/C14H15N3OS/c1-18-12-4-2-11(3-5-12)17-13(8-16-14(17)15)10-6-7-19-9-10/h2-7,9,13H,8H2,1H3,(H2,15,16). The van der Waals surface area contributed by atoms with E-state index in [1.807, 2.05) is 24.3 Å². The number of anilines is 1. The van der Waals surface area contributed by atoms with Gasteiger partial charge >= 0.3 is 0 Å². The number of hydrogen-bond acceptors (Lipinski definition) is 5.